The fraction of sp³-hybridized carbons (Fsp3) is 0.438. The van der Waals surface area contributed by atoms with Gasteiger partial charge in [0, 0.05) is 13.1 Å². The molecular formula is C16H21FN4O4. The van der Waals surface area contributed by atoms with Gasteiger partial charge in [-0.1, -0.05) is 13.3 Å². The number of halogens is 1. The molecule has 0 spiro atoms. The van der Waals surface area contributed by atoms with Crippen molar-refractivity contribution in [3.63, 3.8) is 0 Å². The molecule has 2 rings (SSSR count). The van der Waals surface area contributed by atoms with E-state index in [1.807, 2.05) is 6.92 Å². The van der Waals surface area contributed by atoms with Gasteiger partial charge in [0.25, 0.3) is 0 Å². The summed E-state index contributed by atoms with van der Waals surface area (Å²) in [6.07, 6.45) is 1.59. The van der Waals surface area contributed by atoms with E-state index in [2.05, 4.69) is 10.4 Å². The number of hydrogen-bond donors (Lipinski definition) is 2. The van der Waals surface area contributed by atoms with Crippen LogP contribution in [-0.2, 0) is 13.6 Å². The third-order valence-electron chi connectivity index (χ3n) is 3.67. The highest BCUT2D eigenvalue weighted by Gasteiger charge is 2.20. The van der Waals surface area contributed by atoms with Crippen molar-refractivity contribution in [3.05, 3.63) is 39.8 Å². The van der Waals surface area contributed by atoms with Crippen molar-refractivity contribution in [3.8, 4) is 11.4 Å². The molecule has 0 saturated carbocycles. The minimum absolute atomic E-state index is 0.00469. The lowest BCUT2D eigenvalue weighted by Crippen LogP contribution is -2.23. The SMILES string of the molecule is CCCCOc1cc(-n2nc(CNC)n(C)c2=O)c(F)cc1C(=O)O. The molecule has 0 fully saturated rings. The summed E-state index contributed by atoms with van der Waals surface area (Å²) in [4.78, 5) is 23.6. The fourth-order valence-corrected chi connectivity index (χ4v) is 2.26. The van der Waals surface area contributed by atoms with Gasteiger partial charge < -0.3 is 15.2 Å². The molecular weight excluding hydrogens is 331 g/mol. The monoisotopic (exact) mass is 352 g/mol. The van der Waals surface area contributed by atoms with E-state index >= 15 is 0 Å². The number of unbranched alkanes of at least 4 members (excludes halogenated alkanes) is 1. The van der Waals surface area contributed by atoms with Gasteiger partial charge in [0.2, 0.25) is 0 Å². The third kappa shape index (κ3) is 3.87. The second kappa shape index (κ2) is 7.93. The average molecular weight is 352 g/mol. The Labute approximate surface area is 143 Å². The van der Waals surface area contributed by atoms with E-state index in [0.29, 0.717) is 19.0 Å². The number of carboxylic acid groups (broad SMARTS) is 1. The third-order valence-corrected chi connectivity index (χ3v) is 3.67. The first-order valence-corrected chi connectivity index (χ1v) is 7.90. The van der Waals surface area contributed by atoms with Crippen molar-refractivity contribution in [1.82, 2.24) is 19.7 Å². The Hall–Kier alpha value is -2.68. The van der Waals surface area contributed by atoms with Gasteiger partial charge in [0.1, 0.15) is 28.6 Å². The molecule has 0 aliphatic heterocycles. The van der Waals surface area contributed by atoms with Gasteiger partial charge in [-0.25, -0.2) is 14.0 Å². The standard InChI is InChI=1S/C16H21FN4O4/c1-4-5-6-25-13-8-12(11(17)7-10(13)15(22)23)21-16(24)20(3)14(19-21)9-18-2/h7-8,18H,4-6,9H2,1-3H3,(H,22,23). The Morgan fingerprint density at radius 3 is 2.76 bits per heavy atom. The molecule has 1 heterocycles. The molecule has 0 bridgehead atoms. The Morgan fingerprint density at radius 2 is 2.16 bits per heavy atom. The minimum Gasteiger partial charge on any atom is -0.493 e. The zero-order valence-electron chi connectivity index (χ0n) is 14.4. The molecule has 136 valence electrons. The molecule has 1 aromatic heterocycles. The lowest BCUT2D eigenvalue weighted by molar-refractivity contribution is 0.0691. The molecule has 0 amide bonds. The largest absolute Gasteiger partial charge is 0.493 e. The van der Waals surface area contributed by atoms with Crippen LogP contribution in [-0.4, -0.2) is 39.1 Å². The Morgan fingerprint density at radius 1 is 1.44 bits per heavy atom. The van der Waals surface area contributed by atoms with Crippen LogP contribution in [0.1, 0.15) is 35.9 Å². The normalized spacial score (nSPS) is 10.9. The lowest BCUT2D eigenvalue weighted by Gasteiger charge is -2.11. The van der Waals surface area contributed by atoms with Gasteiger partial charge >= 0.3 is 11.7 Å². The second-order valence-electron chi connectivity index (χ2n) is 5.51. The van der Waals surface area contributed by atoms with Crippen molar-refractivity contribution in [2.75, 3.05) is 13.7 Å². The van der Waals surface area contributed by atoms with Gasteiger partial charge in [-0.15, -0.1) is 5.10 Å². The Balaban J connectivity index is 2.54. The van der Waals surface area contributed by atoms with Gasteiger partial charge in [0.15, 0.2) is 0 Å². The number of aromatic carboxylic acids is 1. The van der Waals surface area contributed by atoms with E-state index in [4.69, 9.17) is 4.74 Å². The van der Waals surface area contributed by atoms with Crippen LogP contribution in [0.2, 0.25) is 0 Å². The van der Waals surface area contributed by atoms with Gasteiger partial charge in [0.05, 0.1) is 13.2 Å². The summed E-state index contributed by atoms with van der Waals surface area (Å²) in [6, 6.07) is 2.05. The summed E-state index contributed by atoms with van der Waals surface area (Å²) in [5.74, 6) is -1.75. The Bertz CT molecular complexity index is 828. The maximum atomic E-state index is 14.4. The molecule has 25 heavy (non-hydrogen) atoms. The van der Waals surface area contributed by atoms with Crippen LogP contribution in [0.25, 0.3) is 5.69 Å². The topological polar surface area (TPSA) is 98.4 Å². The molecule has 0 saturated heterocycles. The summed E-state index contributed by atoms with van der Waals surface area (Å²) >= 11 is 0. The first-order valence-electron chi connectivity index (χ1n) is 7.90. The first-order chi connectivity index (χ1) is 11.9. The quantitative estimate of drug-likeness (QED) is 0.695. The highest BCUT2D eigenvalue weighted by molar-refractivity contribution is 5.91. The number of hydrogen-bond acceptors (Lipinski definition) is 5. The van der Waals surface area contributed by atoms with Crippen molar-refractivity contribution in [2.24, 2.45) is 7.05 Å². The number of rotatable bonds is 8. The minimum atomic E-state index is -1.30. The van der Waals surface area contributed by atoms with Crippen LogP contribution in [0.5, 0.6) is 5.75 Å². The van der Waals surface area contributed by atoms with Crippen molar-refractivity contribution in [2.45, 2.75) is 26.3 Å². The lowest BCUT2D eigenvalue weighted by atomic mass is 10.1. The van der Waals surface area contributed by atoms with Gasteiger partial charge in [-0.05, 0) is 19.5 Å². The molecule has 0 aliphatic carbocycles. The van der Waals surface area contributed by atoms with E-state index in [0.717, 1.165) is 23.6 Å². The van der Waals surface area contributed by atoms with E-state index < -0.39 is 17.5 Å². The summed E-state index contributed by atoms with van der Waals surface area (Å²) in [7, 11) is 3.23. The number of carboxylic acids is 1. The number of benzene rings is 1. The molecule has 1 aromatic carbocycles. The number of aromatic nitrogens is 3. The highest BCUT2D eigenvalue weighted by atomic mass is 19.1. The maximum Gasteiger partial charge on any atom is 0.350 e. The van der Waals surface area contributed by atoms with Crippen LogP contribution < -0.4 is 15.7 Å². The summed E-state index contributed by atoms with van der Waals surface area (Å²) in [5.41, 5.74) is -0.983. The molecule has 2 N–H and O–H groups in total. The summed E-state index contributed by atoms with van der Waals surface area (Å²) in [6.45, 7) is 2.59. The zero-order chi connectivity index (χ0) is 18.6. The fourth-order valence-electron chi connectivity index (χ4n) is 2.26. The molecule has 0 aliphatic rings. The number of ether oxygens (including phenoxy) is 1. The van der Waals surface area contributed by atoms with Crippen LogP contribution in [0.3, 0.4) is 0 Å². The zero-order valence-corrected chi connectivity index (χ0v) is 14.4. The van der Waals surface area contributed by atoms with E-state index in [1.165, 1.54) is 17.7 Å². The maximum absolute atomic E-state index is 14.4. The number of nitrogens with zero attached hydrogens (tertiary/aromatic N) is 3. The van der Waals surface area contributed by atoms with Crippen molar-refractivity contribution >= 4 is 5.97 Å². The predicted molar refractivity (Wildman–Crippen MR) is 88.9 cm³/mol. The predicted octanol–water partition coefficient (Wildman–Crippen LogP) is 1.31. The smallest absolute Gasteiger partial charge is 0.350 e. The van der Waals surface area contributed by atoms with Crippen LogP contribution in [0.15, 0.2) is 16.9 Å². The molecule has 0 radical (unpaired) electrons. The summed E-state index contributed by atoms with van der Waals surface area (Å²) < 4.78 is 22.1. The van der Waals surface area contributed by atoms with E-state index in [1.54, 1.807) is 7.05 Å². The van der Waals surface area contributed by atoms with E-state index in [-0.39, 0.29) is 17.0 Å². The highest BCUT2D eigenvalue weighted by Crippen LogP contribution is 2.25. The molecule has 0 atom stereocenters. The Kier molecular flexibility index (Phi) is 5.92. The van der Waals surface area contributed by atoms with Gasteiger partial charge in [-0.2, -0.15) is 4.68 Å². The molecule has 9 heteroatoms. The van der Waals surface area contributed by atoms with Crippen LogP contribution >= 0.6 is 0 Å². The van der Waals surface area contributed by atoms with Gasteiger partial charge in [-0.3, -0.25) is 4.57 Å². The average Bonchev–Trinajstić information content (AvgIpc) is 2.84. The van der Waals surface area contributed by atoms with Crippen LogP contribution in [0.4, 0.5) is 4.39 Å². The second-order valence-corrected chi connectivity index (χ2v) is 5.51. The van der Waals surface area contributed by atoms with Crippen molar-refractivity contribution in [1.29, 1.82) is 0 Å². The number of carbonyl (C=O) groups is 1. The van der Waals surface area contributed by atoms with E-state index in [9.17, 15) is 19.1 Å². The van der Waals surface area contributed by atoms with Crippen molar-refractivity contribution < 1.29 is 19.0 Å². The summed E-state index contributed by atoms with van der Waals surface area (Å²) in [5, 5.41) is 16.2. The number of nitrogens with one attached hydrogen (secondary N) is 1. The molecule has 0 unspecified atom stereocenters. The van der Waals surface area contributed by atoms with Crippen LogP contribution in [0, 0.1) is 5.82 Å². The first kappa shape index (κ1) is 18.7. The molecule has 2 aromatic rings. The molecule has 8 nitrogen and oxygen atoms in total.